The highest BCUT2D eigenvalue weighted by Crippen LogP contribution is 2.34. The monoisotopic (exact) mass is 415 g/mol. The molecule has 0 atom stereocenters. The number of carbonyl (C=O) groups is 2. The summed E-state index contributed by atoms with van der Waals surface area (Å²) in [6, 6.07) is -0.0914. The standard InChI is InChI=1S/C18H24F3N5O3/c1-24-15(18(19,20)21)13(7-22-24)6-12-2-4-25(5-3-12)16(28)26-9-17(10-26)11-29-8-14(27)23-17/h7,12H,2-6,8-11H2,1H3,(H,23,27). The van der Waals surface area contributed by atoms with Crippen molar-refractivity contribution in [3.8, 4) is 0 Å². The van der Waals surface area contributed by atoms with Gasteiger partial charge in [0, 0.05) is 38.8 Å². The maximum atomic E-state index is 13.2. The molecule has 3 aliphatic heterocycles. The van der Waals surface area contributed by atoms with Gasteiger partial charge in [0.25, 0.3) is 0 Å². The van der Waals surface area contributed by atoms with Gasteiger partial charge in [0.2, 0.25) is 5.91 Å². The Morgan fingerprint density at radius 2 is 2.00 bits per heavy atom. The number of likely N-dealkylation sites (tertiary alicyclic amines) is 2. The van der Waals surface area contributed by atoms with Gasteiger partial charge in [-0.15, -0.1) is 0 Å². The van der Waals surface area contributed by atoms with Gasteiger partial charge in [0.05, 0.1) is 18.3 Å². The molecule has 29 heavy (non-hydrogen) atoms. The number of hydrogen-bond donors (Lipinski definition) is 1. The fourth-order valence-electron chi connectivity index (χ4n) is 4.53. The van der Waals surface area contributed by atoms with Crippen LogP contribution in [0.5, 0.6) is 0 Å². The highest BCUT2D eigenvalue weighted by atomic mass is 19.4. The summed E-state index contributed by atoms with van der Waals surface area (Å²) in [5.74, 6) is -0.0871. The van der Waals surface area contributed by atoms with Gasteiger partial charge < -0.3 is 19.9 Å². The van der Waals surface area contributed by atoms with Gasteiger partial charge in [0.1, 0.15) is 12.3 Å². The Balaban J connectivity index is 1.28. The molecular weight excluding hydrogens is 391 g/mol. The maximum absolute atomic E-state index is 13.2. The molecule has 0 saturated carbocycles. The van der Waals surface area contributed by atoms with Crippen molar-refractivity contribution in [1.82, 2.24) is 24.9 Å². The molecule has 3 aliphatic rings. The zero-order chi connectivity index (χ0) is 20.8. The molecule has 0 aliphatic carbocycles. The minimum atomic E-state index is -4.43. The number of nitrogens with zero attached hydrogens (tertiary/aromatic N) is 4. The second kappa shape index (κ2) is 7.19. The lowest BCUT2D eigenvalue weighted by Gasteiger charge is -2.52. The molecule has 4 rings (SSSR count). The second-order valence-electron chi connectivity index (χ2n) is 8.23. The number of halogens is 3. The van der Waals surface area contributed by atoms with Crippen molar-refractivity contribution in [2.24, 2.45) is 13.0 Å². The van der Waals surface area contributed by atoms with E-state index in [9.17, 15) is 22.8 Å². The van der Waals surface area contributed by atoms with Crippen LogP contribution in [0.2, 0.25) is 0 Å². The van der Waals surface area contributed by atoms with Crippen molar-refractivity contribution < 1.29 is 27.5 Å². The number of urea groups is 1. The Labute approximate surface area is 165 Å². The normalized spacial score (nSPS) is 22.6. The van der Waals surface area contributed by atoms with E-state index in [4.69, 9.17) is 4.74 Å². The summed E-state index contributed by atoms with van der Waals surface area (Å²) in [6.45, 7) is 2.31. The molecule has 160 valence electrons. The number of aromatic nitrogens is 2. The van der Waals surface area contributed by atoms with Crippen LogP contribution in [-0.2, 0) is 29.2 Å². The second-order valence-corrected chi connectivity index (χ2v) is 8.23. The van der Waals surface area contributed by atoms with Crippen LogP contribution in [0.25, 0.3) is 0 Å². The Hall–Kier alpha value is -2.30. The average Bonchev–Trinajstić information content (AvgIpc) is 3.00. The first kappa shape index (κ1) is 20.0. The lowest BCUT2D eigenvalue weighted by molar-refractivity contribution is -0.144. The molecule has 0 radical (unpaired) electrons. The summed E-state index contributed by atoms with van der Waals surface area (Å²) in [5, 5.41) is 6.66. The maximum Gasteiger partial charge on any atom is 0.433 e. The molecule has 11 heteroatoms. The number of aryl methyl sites for hydroxylation is 1. The van der Waals surface area contributed by atoms with Gasteiger partial charge >= 0.3 is 12.2 Å². The number of hydrogen-bond acceptors (Lipinski definition) is 4. The minimum Gasteiger partial charge on any atom is -0.369 e. The Bertz CT molecular complexity index is 795. The number of morpholine rings is 1. The lowest BCUT2D eigenvalue weighted by atomic mass is 9.88. The summed E-state index contributed by atoms with van der Waals surface area (Å²) in [4.78, 5) is 27.6. The van der Waals surface area contributed by atoms with Crippen LogP contribution in [-0.4, -0.2) is 76.5 Å². The van der Waals surface area contributed by atoms with Gasteiger partial charge in [-0.05, 0) is 25.2 Å². The van der Waals surface area contributed by atoms with E-state index in [1.165, 1.54) is 13.2 Å². The molecule has 0 bridgehead atoms. The van der Waals surface area contributed by atoms with Crippen molar-refractivity contribution in [3.05, 3.63) is 17.5 Å². The van der Waals surface area contributed by atoms with E-state index in [0.717, 1.165) is 4.68 Å². The van der Waals surface area contributed by atoms with Crippen molar-refractivity contribution in [1.29, 1.82) is 0 Å². The SMILES string of the molecule is Cn1ncc(CC2CCN(C(=O)N3CC4(COCC(=O)N4)C3)CC2)c1C(F)(F)F. The van der Waals surface area contributed by atoms with Crippen LogP contribution in [0.3, 0.4) is 0 Å². The Morgan fingerprint density at radius 3 is 2.62 bits per heavy atom. The summed E-state index contributed by atoms with van der Waals surface area (Å²) in [7, 11) is 1.30. The predicted octanol–water partition coefficient (Wildman–Crippen LogP) is 1.01. The highest BCUT2D eigenvalue weighted by Gasteiger charge is 2.49. The molecule has 3 fully saturated rings. The number of alkyl halides is 3. The number of amides is 3. The van der Waals surface area contributed by atoms with E-state index in [1.54, 1.807) is 9.80 Å². The molecule has 1 aromatic heterocycles. The molecule has 1 spiro atoms. The number of carbonyl (C=O) groups excluding carboxylic acids is 2. The van der Waals surface area contributed by atoms with Gasteiger partial charge in [-0.25, -0.2) is 4.79 Å². The van der Waals surface area contributed by atoms with Crippen molar-refractivity contribution in [2.75, 3.05) is 39.4 Å². The molecule has 3 amide bonds. The third-order valence-electron chi connectivity index (χ3n) is 5.95. The van der Waals surface area contributed by atoms with Gasteiger partial charge in [-0.1, -0.05) is 0 Å². The van der Waals surface area contributed by atoms with Crippen molar-refractivity contribution in [3.63, 3.8) is 0 Å². The van der Waals surface area contributed by atoms with E-state index in [1.807, 2.05) is 0 Å². The van der Waals surface area contributed by atoms with E-state index in [2.05, 4.69) is 10.4 Å². The summed E-state index contributed by atoms with van der Waals surface area (Å²) >= 11 is 0. The fourth-order valence-corrected chi connectivity index (χ4v) is 4.53. The summed E-state index contributed by atoms with van der Waals surface area (Å²) in [6.07, 6.45) is -1.53. The molecular formula is C18H24F3N5O3. The number of ether oxygens (including phenoxy) is 1. The smallest absolute Gasteiger partial charge is 0.369 e. The highest BCUT2D eigenvalue weighted by molar-refractivity contribution is 5.81. The van der Waals surface area contributed by atoms with E-state index in [0.29, 0.717) is 52.0 Å². The quantitative estimate of drug-likeness (QED) is 0.782. The summed E-state index contributed by atoms with van der Waals surface area (Å²) in [5.41, 5.74) is -0.960. The van der Waals surface area contributed by atoms with Crippen LogP contribution in [0.15, 0.2) is 6.20 Å². The fraction of sp³-hybridized carbons (Fsp3) is 0.722. The van der Waals surface area contributed by atoms with Gasteiger partial charge in [0.15, 0.2) is 0 Å². The molecule has 3 saturated heterocycles. The van der Waals surface area contributed by atoms with Crippen molar-refractivity contribution in [2.45, 2.75) is 31.0 Å². The average molecular weight is 415 g/mol. The zero-order valence-corrected chi connectivity index (χ0v) is 16.2. The molecule has 0 unspecified atom stereocenters. The molecule has 0 aromatic carbocycles. The first-order chi connectivity index (χ1) is 13.7. The van der Waals surface area contributed by atoms with E-state index >= 15 is 0 Å². The molecule has 1 N–H and O–H groups in total. The van der Waals surface area contributed by atoms with Crippen molar-refractivity contribution >= 4 is 11.9 Å². The molecule has 4 heterocycles. The first-order valence-electron chi connectivity index (χ1n) is 9.67. The third kappa shape index (κ3) is 3.92. The predicted molar refractivity (Wildman–Crippen MR) is 94.9 cm³/mol. The van der Waals surface area contributed by atoms with Crippen LogP contribution in [0, 0.1) is 5.92 Å². The lowest BCUT2D eigenvalue weighted by Crippen LogP contribution is -2.76. The largest absolute Gasteiger partial charge is 0.433 e. The zero-order valence-electron chi connectivity index (χ0n) is 16.2. The topological polar surface area (TPSA) is 79.7 Å². The van der Waals surface area contributed by atoms with E-state index in [-0.39, 0.29) is 30.0 Å². The van der Waals surface area contributed by atoms with Crippen LogP contribution >= 0.6 is 0 Å². The van der Waals surface area contributed by atoms with Gasteiger partial charge in [-0.3, -0.25) is 9.48 Å². The number of nitrogens with one attached hydrogen (secondary N) is 1. The molecule has 1 aromatic rings. The summed E-state index contributed by atoms with van der Waals surface area (Å²) < 4.78 is 45.8. The van der Waals surface area contributed by atoms with Crippen LogP contribution < -0.4 is 5.32 Å². The first-order valence-corrected chi connectivity index (χ1v) is 9.67. The minimum absolute atomic E-state index is 0.0518. The molecule has 8 nitrogen and oxygen atoms in total. The van der Waals surface area contributed by atoms with E-state index < -0.39 is 17.4 Å². The number of piperidine rings is 1. The van der Waals surface area contributed by atoms with Crippen LogP contribution in [0.1, 0.15) is 24.1 Å². The van der Waals surface area contributed by atoms with Crippen LogP contribution in [0.4, 0.5) is 18.0 Å². The Morgan fingerprint density at radius 1 is 1.31 bits per heavy atom. The third-order valence-corrected chi connectivity index (χ3v) is 5.95. The number of rotatable bonds is 2. The van der Waals surface area contributed by atoms with Gasteiger partial charge in [-0.2, -0.15) is 18.3 Å². The Kier molecular flexibility index (Phi) is 4.96.